The van der Waals surface area contributed by atoms with Crippen LogP contribution in [0, 0.1) is 3.57 Å². The Labute approximate surface area is 146 Å². The second-order valence-corrected chi connectivity index (χ2v) is 8.83. The highest BCUT2D eigenvalue weighted by Crippen LogP contribution is 2.20. The van der Waals surface area contributed by atoms with Gasteiger partial charge in [0.05, 0.1) is 10.5 Å². The van der Waals surface area contributed by atoms with Gasteiger partial charge in [0.15, 0.2) is 4.80 Å². The molecule has 9 heteroatoms. The number of amides is 1. The van der Waals surface area contributed by atoms with Gasteiger partial charge in [-0.2, -0.15) is 4.99 Å². The van der Waals surface area contributed by atoms with Gasteiger partial charge >= 0.3 is 0 Å². The van der Waals surface area contributed by atoms with Crippen molar-refractivity contribution in [2.45, 2.75) is 4.90 Å². The van der Waals surface area contributed by atoms with E-state index >= 15 is 0 Å². The first kappa shape index (κ1) is 17.3. The summed E-state index contributed by atoms with van der Waals surface area (Å²) in [6, 6.07) is 4.46. The molecule has 1 amide bonds. The third-order valence-electron chi connectivity index (χ3n) is 2.90. The van der Waals surface area contributed by atoms with Crippen LogP contribution in [0.3, 0.4) is 0 Å². The van der Waals surface area contributed by atoms with Crippen LogP contribution in [-0.2, 0) is 17.1 Å². The lowest BCUT2D eigenvalue weighted by molar-refractivity contribution is 0.0997. The molecule has 1 aromatic heterocycles. The van der Waals surface area contributed by atoms with Gasteiger partial charge in [-0.15, -0.1) is 11.3 Å². The van der Waals surface area contributed by atoms with Crippen LogP contribution in [0.2, 0.25) is 0 Å². The third kappa shape index (κ3) is 3.47. The second kappa shape index (κ2) is 6.60. The maximum Gasteiger partial charge on any atom is 0.280 e. The van der Waals surface area contributed by atoms with Crippen LogP contribution < -0.4 is 4.80 Å². The number of sulfonamides is 1. The Bertz CT molecular complexity index is 882. The lowest BCUT2D eigenvalue weighted by Gasteiger charge is -2.12. The molecule has 0 radical (unpaired) electrons. The number of thiazole rings is 1. The molecule has 118 valence electrons. The minimum atomic E-state index is -3.59. The summed E-state index contributed by atoms with van der Waals surface area (Å²) in [5.74, 6) is -0.460. The van der Waals surface area contributed by atoms with Crippen molar-refractivity contribution >= 4 is 49.9 Å². The van der Waals surface area contributed by atoms with Crippen molar-refractivity contribution in [1.29, 1.82) is 0 Å². The van der Waals surface area contributed by atoms with Crippen molar-refractivity contribution in [2.24, 2.45) is 12.0 Å². The summed E-state index contributed by atoms with van der Waals surface area (Å²) in [5, 5.41) is 1.82. The van der Waals surface area contributed by atoms with E-state index in [4.69, 9.17) is 0 Å². The fraction of sp³-hybridized carbons (Fsp3) is 0.231. The maximum atomic E-state index is 12.3. The predicted octanol–water partition coefficient (Wildman–Crippen LogP) is 1.68. The molecular weight excluding hydrogens is 437 g/mol. The number of aryl methyl sites for hydroxylation is 1. The molecule has 0 spiro atoms. The Hall–Kier alpha value is -1.04. The van der Waals surface area contributed by atoms with Crippen LogP contribution in [-0.4, -0.2) is 37.3 Å². The van der Waals surface area contributed by atoms with Crippen LogP contribution in [0.25, 0.3) is 0 Å². The van der Waals surface area contributed by atoms with E-state index in [1.165, 1.54) is 37.6 Å². The molecule has 0 aliphatic rings. The minimum absolute atomic E-state index is 0.0759. The van der Waals surface area contributed by atoms with Gasteiger partial charge in [0, 0.05) is 36.3 Å². The average molecular weight is 451 g/mol. The number of hydrogen-bond donors (Lipinski definition) is 0. The SMILES string of the molecule is CN(C)S(=O)(=O)c1ccc(I)c(C(=O)N=c2sccn2C)c1. The lowest BCUT2D eigenvalue weighted by atomic mass is 10.2. The third-order valence-corrected chi connectivity index (χ3v) is 6.50. The van der Waals surface area contributed by atoms with Gasteiger partial charge in [0.2, 0.25) is 10.0 Å². The fourth-order valence-corrected chi connectivity index (χ4v) is 3.84. The molecular formula is C13H14IN3O3S2. The van der Waals surface area contributed by atoms with Crippen LogP contribution in [0.5, 0.6) is 0 Å². The van der Waals surface area contributed by atoms with Crippen molar-refractivity contribution in [1.82, 2.24) is 8.87 Å². The molecule has 0 N–H and O–H groups in total. The zero-order valence-electron chi connectivity index (χ0n) is 12.1. The van der Waals surface area contributed by atoms with Crippen molar-refractivity contribution in [2.75, 3.05) is 14.1 Å². The zero-order valence-corrected chi connectivity index (χ0v) is 15.9. The van der Waals surface area contributed by atoms with Gasteiger partial charge in [0.25, 0.3) is 5.91 Å². The topological polar surface area (TPSA) is 71.7 Å². The van der Waals surface area contributed by atoms with Crippen molar-refractivity contribution < 1.29 is 13.2 Å². The van der Waals surface area contributed by atoms with E-state index in [0.29, 0.717) is 8.37 Å². The van der Waals surface area contributed by atoms with Crippen molar-refractivity contribution in [3.8, 4) is 0 Å². The smallest absolute Gasteiger partial charge is 0.280 e. The van der Waals surface area contributed by atoms with Gasteiger partial charge in [-0.25, -0.2) is 12.7 Å². The van der Waals surface area contributed by atoms with Crippen molar-refractivity contribution in [3.63, 3.8) is 0 Å². The number of aromatic nitrogens is 1. The summed E-state index contributed by atoms with van der Waals surface area (Å²) in [6.45, 7) is 0. The van der Waals surface area contributed by atoms with Crippen molar-refractivity contribution in [3.05, 3.63) is 43.7 Å². The molecule has 1 aromatic carbocycles. The molecule has 0 fully saturated rings. The number of carbonyl (C=O) groups excluding carboxylic acids is 1. The first-order chi connectivity index (χ1) is 10.2. The number of halogens is 1. The molecule has 0 saturated heterocycles. The highest BCUT2D eigenvalue weighted by atomic mass is 127. The predicted molar refractivity (Wildman–Crippen MR) is 93.2 cm³/mol. The second-order valence-electron chi connectivity index (χ2n) is 4.64. The Balaban J connectivity index is 2.53. The van der Waals surface area contributed by atoms with E-state index in [1.807, 2.05) is 28.0 Å². The first-order valence-electron chi connectivity index (χ1n) is 6.14. The largest absolute Gasteiger partial charge is 0.327 e. The highest BCUT2D eigenvalue weighted by molar-refractivity contribution is 14.1. The van der Waals surface area contributed by atoms with E-state index in [0.717, 1.165) is 4.31 Å². The fourth-order valence-electron chi connectivity index (χ4n) is 1.62. The van der Waals surface area contributed by atoms with E-state index in [2.05, 4.69) is 4.99 Å². The Kier molecular flexibility index (Phi) is 5.20. The Morgan fingerprint density at radius 1 is 1.36 bits per heavy atom. The van der Waals surface area contributed by atoms with Gasteiger partial charge in [-0.1, -0.05) is 0 Å². The molecule has 0 aliphatic carbocycles. The first-order valence-corrected chi connectivity index (χ1v) is 9.54. The van der Waals surface area contributed by atoms with E-state index in [-0.39, 0.29) is 10.5 Å². The molecule has 2 rings (SSSR count). The van der Waals surface area contributed by atoms with Crippen LogP contribution in [0.1, 0.15) is 10.4 Å². The van der Waals surface area contributed by atoms with Crippen LogP contribution in [0.4, 0.5) is 0 Å². The maximum absolute atomic E-state index is 12.3. The summed E-state index contributed by atoms with van der Waals surface area (Å²) in [4.78, 5) is 17.0. The van der Waals surface area contributed by atoms with Gasteiger partial charge in [-0.3, -0.25) is 4.79 Å². The van der Waals surface area contributed by atoms with Crippen LogP contribution in [0.15, 0.2) is 39.7 Å². The van der Waals surface area contributed by atoms with E-state index in [1.54, 1.807) is 23.9 Å². The van der Waals surface area contributed by atoms with E-state index < -0.39 is 15.9 Å². The highest BCUT2D eigenvalue weighted by Gasteiger charge is 2.20. The molecule has 6 nitrogen and oxygen atoms in total. The molecule has 0 saturated carbocycles. The Morgan fingerprint density at radius 2 is 2.05 bits per heavy atom. The summed E-state index contributed by atoms with van der Waals surface area (Å²) < 4.78 is 27.8. The zero-order chi connectivity index (χ0) is 16.5. The molecule has 22 heavy (non-hydrogen) atoms. The summed E-state index contributed by atoms with van der Waals surface area (Å²) in [6.07, 6.45) is 1.80. The van der Waals surface area contributed by atoms with Gasteiger partial charge < -0.3 is 4.57 Å². The normalized spacial score (nSPS) is 12.9. The minimum Gasteiger partial charge on any atom is -0.327 e. The number of rotatable bonds is 3. The number of carbonyl (C=O) groups is 1. The number of nitrogens with zero attached hydrogens (tertiary/aromatic N) is 3. The monoisotopic (exact) mass is 451 g/mol. The lowest BCUT2D eigenvalue weighted by Crippen LogP contribution is -2.22. The molecule has 0 unspecified atom stereocenters. The standard InChI is InChI=1S/C13H14IN3O3S2/c1-16(2)22(19,20)9-4-5-11(14)10(8-9)12(18)15-13-17(3)6-7-21-13/h4-8H,1-3H3. The van der Waals surface area contributed by atoms with Crippen LogP contribution >= 0.6 is 33.9 Å². The van der Waals surface area contributed by atoms with Gasteiger partial charge in [-0.05, 0) is 40.8 Å². The molecule has 2 aromatic rings. The summed E-state index contributed by atoms with van der Waals surface area (Å²) >= 11 is 3.33. The molecule has 0 atom stereocenters. The molecule has 0 bridgehead atoms. The molecule has 1 heterocycles. The molecule has 0 aliphatic heterocycles. The average Bonchev–Trinajstić information content (AvgIpc) is 2.84. The van der Waals surface area contributed by atoms with E-state index in [9.17, 15) is 13.2 Å². The number of benzene rings is 1. The quantitative estimate of drug-likeness (QED) is 0.667. The number of hydrogen-bond acceptors (Lipinski definition) is 4. The summed E-state index contributed by atoms with van der Waals surface area (Å²) in [5.41, 5.74) is 0.275. The van der Waals surface area contributed by atoms with Gasteiger partial charge in [0.1, 0.15) is 0 Å². The summed E-state index contributed by atoms with van der Waals surface area (Å²) in [7, 11) is 1.10. The Morgan fingerprint density at radius 3 is 2.59 bits per heavy atom.